The molecule has 0 aromatic heterocycles. The molecule has 0 aromatic carbocycles. The third kappa shape index (κ3) is 4.12. The van der Waals surface area contributed by atoms with E-state index >= 15 is 0 Å². The van der Waals surface area contributed by atoms with Gasteiger partial charge in [-0.3, -0.25) is 4.79 Å². The summed E-state index contributed by atoms with van der Waals surface area (Å²) in [5.74, 6) is 1.61. The summed E-state index contributed by atoms with van der Waals surface area (Å²) in [4.78, 5) is 11.9. The summed E-state index contributed by atoms with van der Waals surface area (Å²) in [7, 11) is 0. The molecule has 0 aliphatic heterocycles. The van der Waals surface area contributed by atoms with Gasteiger partial charge in [0.1, 0.15) is 0 Å². The number of nitrogens with one attached hydrogen (secondary N) is 1. The third-order valence-electron chi connectivity index (χ3n) is 3.81. The molecule has 0 radical (unpaired) electrons. The Morgan fingerprint density at radius 3 is 2.88 bits per heavy atom. The van der Waals surface area contributed by atoms with Crippen LogP contribution < -0.4 is 11.1 Å². The summed E-state index contributed by atoms with van der Waals surface area (Å²) >= 11 is 0. The van der Waals surface area contributed by atoms with Gasteiger partial charge in [-0.15, -0.1) is 0 Å². The smallest absolute Gasteiger partial charge is 0.223 e. The number of hydrogen-bond donors (Lipinski definition) is 2. The highest BCUT2D eigenvalue weighted by atomic mass is 16.1. The van der Waals surface area contributed by atoms with Gasteiger partial charge in [-0.05, 0) is 37.6 Å². The molecule has 0 saturated heterocycles. The molecule has 3 heteroatoms. The molecule has 3 N–H and O–H groups in total. The van der Waals surface area contributed by atoms with Crippen LogP contribution in [0, 0.1) is 17.8 Å². The first kappa shape index (κ1) is 13.5. The first-order chi connectivity index (χ1) is 7.67. The minimum atomic E-state index is 0.214. The monoisotopic (exact) mass is 226 g/mol. The van der Waals surface area contributed by atoms with Gasteiger partial charge in [0, 0.05) is 12.5 Å². The molecule has 1 aliphatic carbocycles. The fraction of sp³-hybridized carbons (Fsp3) is 0.923. The number of hydrogen-bond acceptors (Lipinski definition) is 2. The van der Waals surface area contributed by atoms with Crippen molar-refractivity contribution in [2.45, 2.75) is 46.0 Å². The zero-order valence-electron chi connectivity index (χ0n) is 10.7. The molecular formula is C13H26N2O. The van der Waals surface area contributed by atoms with Gasteiger partial charge in [-0.2, -0.15) is 0 Å². The normalized spacial score (nSPS) is 27.4. The average Bonchev–Trinajstić information content (AvgIpc) is 2.35. The van der Waals surface area contributed by atoms with E-state index in [2.05, 4.69) is 19.2 Å². The topological polar surface area (TPSA) is 55.1 Å². The Balaban J connectivity index is 2.30. The van der Waals surface area contributed by atoms with Crippen molar-refractivity contribution in [3.63, 3.8) is 0 Å². The van der Waals surface area contributed by atoms with E-state index in [9.17, 15) is 4.79 Å². The van der Waals surface area contributed by atoms with Crippen LogP contribution in [0.5, 0.6) is 0 Å². The predicted octanol–water partition coefficient (Wildman–Crippen LogP) is 1.91. The molecule has 3 unspecified atom stereocenters. The van der Waals surface area contributed by atoms with E-state index in [1.807, 2.05) is 0 Å². The van der Waals surface area contributed by atoms with E-state index in [0.29, 0.717) is 11.8 Å². The molecule has 0 aromatic rings. The number of amides is 1. The number of carbonyl (C=O) groups excluding carboxylic acids is 1. The molecule has 1 aliphatic rings. The Hall–Kier alpha value is -0.570. The van der Waals surface area contributed by atoms with Crippen LogP contribution in [-0.4, -0.2) is 19.0 Å². The summed E-state index contributed by atoms with van der Waals surface area (Å²) < 4.78 is 0. The highest BCUT2D eigenvalue weighted by Crippen LogP contribution is 2.28. The van der Waals surface area contributed by atoms with Crippen LogP contribution in [0.1, 0.15) is 46.0 Å². The van der Waals surface area contributed by atoms with E-state index in [1.165, 1.54) is 6.42 Å². The van der Waals surface area contributed by atoms with Crippen LogP contribution in [0.3, 0.4) is 0 Å². The molecule has 3 atom stereocenters. The van der Waals surface area contributed by atoms with Gasteiger partial charge in [-0.25, -0.2) is 0 Å². The predicted molar refractivity (Wildman–Crippen MR) is 67.0 cm³/mol. The van der Waals surface area contributed by atoms with Crippen LogP contribution in [0.2, 0.25) is 0 Å². The standard InChI is InChI=1S/C13H26N2O/c1-3-10(2)9-15-13(16)12-6-4-5-11(7-12)8-14/h10-12H,3-9,14H2,1-2H3,(H,15,16). The van der Waals surface area contributed by atoms with Crippen molar-refractivity contribution in [2.75, 3.05) is 13.1 Å². The van der Waals surface area contributed by atoms with Crippen LogP contribution >= 0.6 is 0 Å². The summed E-state index contributed by atoms with van der Waals surface area (Å²) in [6.45, 7) is 5.87. The second kappa shape index (κ2) is 6.89. The number of nitrogens with two attached hydrogens (primary N) is 1. The zero-order valence-corrected chi connectivity index (χ0v) is 10.7. The molecule has 94 valence electrons. The lowest BCUT2D eigenvalue weighted by Gasteiger charge is -2.27. The Morgan fingerprint density at radius 1 is 1.50 bits per heavy atom. The Labute approximate surface area is 99.2 Å². The molecule has 1 rings (SSSR count). The van der Waals surface area contributed by atoms with E-state index in [0.717, 1.165) is 38.8 Å². The lowest BCUT2D eigenvalue weighted by Crippen LogP contribution is -2.37. The fourth-order valence-corrected chi connectivity index (χ4v) is 2.31. The summed E-state index contributed by atoms with van der Waals surface area (Å²) in [6.07, 6.45) is 5.51. The van der Waals surface area contributed by atoms with Crippen molar-refractivity contribution in [1.29, 1.82) is 0 Å². The van der Waals surface area contributed by atoms with Crippen molar-refractivity contribution in [1.82, 2.24) is 5.32 Å². The summed E-state index contributed by atoms with van der Waals surface area (Å²) in [6, 6.07) is 0. The largest absolute Gasteiger partial charge is 0.356 e. The number of rotatable bonds is 5. The first-order valence-electron chi connectivity index (χ1n) is 6.65. The minimum Gasteiger partial charge on any atom is -0.356 e. The van der Waals surface area contributed by atoms with Gasteiger partial charge < -0.3 is 11.1 Å². The van der Waals surface area contributed by atoms with E-state index < -0.39 is 0 Å². The van der Waals surface area contributed by atoms with Gasteiger partial charge >= 0.3 is 0 Å². The van der Waals surface area contributed by atoms with Crippen molar-refractivity contribution in [3.8, 4) is 0 Å². The van der Waals surface area contributed by atoms with Crippen molar-refractivity contribution < 1.29 is 4.79 Å². The molecule has 1 amide bonds. The van der Waals surface area contributed by atoms with Gasteiger partial charge in [0.05, 0.1) is 0 Å². The SMILES string of the molecule is CCC(C)CNC(=O)C1CCCC(CN)C1. The maximum atomic E-state index is 11.9. The average molecular weight is 226 g/mol. The van der Waals surface area contributed by atoms with Crippen molar-refractivity contribution in [3.05, 3.63) is 0 Å². The molecule has 1 fully saturated rings. The molecule has 0 bridgehead atoms. The lowest BCUT2D eigenvalue weighted by molar-refractivity contribution is -0.126. The van der Waals surface area contributed by atoms with Crippen molar-refractivity contribution >= 4 is 5.91 Å². The molecule has 3 nitrogen and oxygen atoms in total. The summed E-state index contributed by atoms with van der Waals surface area (Å²) in [5.41, 5.74) is 5.68. The first-order valence-corrected chi connectivity index (χ1v) is 6.65. The third-order valence-corrected chi connectivity index (χ3v) is 3.81. The highest BCUT2D eigenvalue weighted by molar-refractivity contribution is 5.78. The van der Waals surface area contributed by atoms with Crippen LogP contribution in [0.25, 0.3) is 0 Å². The van der Waals surface area contributed by atoms with Crippen LogP contribution in [0.4, 0.5) is 0 Å². The Morgan fingerprint density at radius 2 is 2.25 bits per heavy atom. The van der Waals surface area contributed by atoms with Gasteiger partial charge in [0.25, 0.3) is 0 Å². The minimum absolute atomic E-state index is 0.214. The maximum Gasteiger partial charge on any atom is 0.223 e. The highest BCUT2D eigenvalue weighted by Gasteiger charge is 2.26. The van der Waals surface area contributed by atoms with E-state index in [-0.39, 0.29) is 11.8 Å². The second-order valence-corrected chi connectivity index (χ2v) is 5.22. The lowest BCUT2D eigenvalue weighted by atomic mass is 9.81. The van der Waals surface area contributed by atoms with E-state index in [4.69, 9.17) is 5.73 Å². The quantitative estimate of drug-likeness (QED) is 0.752. The Bertz CT molecular complexity index is 218. The van der Waals surface area contributed by atoms with Gasteiger partial charge in [0.15, 0.2) is 0 Å². The fourth-order valence-electron chi connectivity index (χ4n) is 2.31. The maximum absolute atomic E-state index is 11.9. The molecule has 16 heavy (non-hydrogen) atoms. The molecular weight excluding hydrogens is 200 g/mol. The molecule has 1 saturated carbocycles. The van der Waals surface area contributed by atoms with Crippen molar-refractivity contribution in [2.24, 2.45) is 23.5 Å². The number of carbonyl (C=O) groups is 1. The molecule has 0 heterocycles. The van der Waals surface area contributed by atoms with Crippen LogP contribution in [0.15, 0.2) is 0 Å². The Kier molecular flexibility index (Phi) is 5.81. The zero-order chi connectivity index (χ0) is 12.0. The summed E-state index contributed by atoms with van der Waals surface area (Å²) in [5, 5.41) is 3.07. The second-order valence-electron chi connectivity index (χ2n) is 5.22. The van der Waals surface area contributed by atoms with Gasteiger partial charge in [0.2, 0.25) is 5.91 Å². The van der Waals surface area contributed by atoms with Gasteiger partial charge in [-0.1, -0.05) is 26.7 Å². The van der Waals surface area contributed by atoms with Crippen LogP contribution in [-0.2, 0) is 4.79 Å². The molecule has 0 spiro atoms. The van der Waals surface area contributed by atoms with E-state index in [1.54, 1.807) is 0 Å².